The van der Waals surface area contributed by atoms with E-state index in [2.05, 4.69) is 0 Å². The molecule has 0 fully saturated rings. The van der Waals surface area contributed by atoms with E-state index in [0.29, 0.717) is 6.42 Å². The topological polar surface area (TPSA) is 51.2 Å². The minimum absolute atomic E-state index is 0. The van der Waals surface area contributed by atoms with Gasteiger partial charge >= 0.3 is 6.18 Å². The summed E-state index contributed by atoms with van der Waals surface area (Å²) in [5, 5.41) is 0. The van der Waals surface area contributed by atoms with Crippen LogP contribution in [0.1, 0.15) is 12.8 Å². The molecule has 0 aromatic carbocycles. The zero-order valence-corrected chi connectivity index (χ0v) is 10.7. The molecule has 0 bridgehead atoms. The number of rotatable bonds is 0. The quantitative estimate of drug-likeness (QED) is 0.636. The number of allylic oxidation sites excluding steroid dienone is 4. The van der Waals surface area contributed by atoms with E-state index in [9.17, 15) is 13.2 Å². The van der Waals surface area contributed by atoms with Crippen molar-refractivity contribution >= 4 is 20.4 Å². The SMILES string of the molecule is C=O.C=O.C=O.FC(F)(F)C1=CC=CCC1.[Ru]. The van der Waals surface area contributed by atoms with Crippen LogP contribution < -0.4 is 0 Å². The molecule has 0 N–H and O–H groups in total. The van der Waals surface area contributed by atoms with Crippen molar-refractivity contribution in [2.45, 2.75) is 19.0 Å². The molecule has 0 unspecified atom stereocenters. The molecule has 0 radical (unpaired) electrons. The number of alkyl halides is 3. The Morgan fingerprint density at radius 2 is 1.41 bits per heavy atom. The van der Waals surface area contributed by atoms with Gasteiger partial charge in [-0.1, -0.05) is 18.2 Å². The summed E-state index contributed by atoms with van der Waals surface area (Å²) in [6.45, 7) is 6.00. The summed E-state index contributed by atoms with van der Waals surface area (Å²) in [7, 11) is 0. The maximum atomic E-state index is 11.8. The minimum Gasteiger partial charge on any atom is -0.307 e. The predicted molar refractivity (Wildman–Crippen MR) is 53.9 cm³/mol. The third-order valence-electron chi connectivity index (χ3n) is 1.38. The summed E-state index contributed by atoms with van der Waals surface area (Å²) < 4.78 is 35.5. The van der Waals surface area contributed by atoms with E-state index in [4.69, 9.17) is 14.4 Å². The first kappa shape index (κ1) is 24.9. The van der Waals surface area contributed by atoms with Crippen LogP contribution in [0.4, 0.5) is 13.2 Å². The summed E-state index contributed by atoms with van der Waals surface area (Å²) in [6, 6.07) is 0. The van der Waals surface area contributed by atoms with E-state index in [1.807, 2.05) is 20.4 Å². The molecule has 0 saturated heterocycles. The van der Waals surface area contributed by atoms with Crippen molar-refractivity contribution < 1.29 is 47.0 Å². The largest absolute Gasteiger partial charge is 0.412 e. The third kappa shape index (κ3) is 14.9. The van der Waals surface area contributed by atoms with Gasteiger partial charge in [0, 0.05) is 25.1 Å². The van der Waals surface area contributed by atoms with Gasteiger partial charge in [-0.25, -0.2) is 0 Å². The molecule has 1 rings (SSSR count). The van der Waals surface area contributed by atoms with Gasteiger partial charge in [0.1, 0.15) is 20.4 Å². The van der Waals surface area contributed by atoms with E-state index in [-0.39, 0.29) is 25.9 Å². The molecule has 0 spiro atoms. The molecular formula is C10H13F3O3Ru. The second-order valence-electron chi connectivity index (χ2n) is 2.16. The van der Waals surface area contributed by atoms with Crippen LogP contribution in [0, 0.1) is 0 Å². The van der Waals surface area contributed by atoms with E-state index in [0.717, 1.165) is 6.08 Å². The average Bonchev–Trinajstić information content (AvgIpc) is 2.37. The van der Waals surface area contributed by atoms with Crippen molar-refractivity contribution in [1.82, 2.24) is 0 Å². The van der Waals surface area contributed by atoms with E-state index in [1.54, 1.807) is 6.08 Å². The molecule has 100 valence electrons. The Balaban J connectivity index is -0.000000106. The molecule has 1 aliphatic carbocycles. The number of hydrogen-bond acceptors (Lipinski definition) is 3. The van der Waals surface area contributed by atoms with Crippen molar-refractivity contribution in [3.05, 3.63) is 23.8 Å². The Kier molecular flexibility index (Phi) is 25.4. The first-order chi connectivity index (χ1) is 7.61. The summed E-state index contributed by atoms with van der Waals surface area (Å²) in [5.41, 5.74) is -0.421. The smallest absolute Gasteiger partial charge is 0.307 e. The zero-order chi connectivity index (χ0) is 13.6. The van der Waals surface area contributed by atoms with Crippen molar-refractivity contribution in [3.63, 3.8) is 0 Å². The second-order valence-corrected chi connectivity index (χ2v) is 2.16. The van der Waals surface area contributed by atoms with Gasteiger partial charge in [0.15, 0.2) is 0 Å². The van der Waals surface area contributed by atoms with Gasteiger partial charge < -0.3 is 14.4 Å². The summed E-state index contributed by atoms with van der Waals surface area (Å²) >= 11 is 0. The van der Waals surface area contributed by atoms with E-state index in [1.165, 1.54) is 6.08 Å². The van der Waals surface area contributed by atoms with Crippen LogP contribution in [0.3, 0.4) is 0 Å². The van der Waals surface area contributed by atoms with Gasteiger partial charge in [-0.15, -0.1) is 0 Å². The third-order valence-corrected chi connectivity index (χ3v) is 1.38. The maximum Gasteiger partial charge on any atom is 0.412 e. The Morgan fingerprint density at radius 3 is 1.59 bits per heavy atom. The number of hydrogen-bond donors (Lipinski definition) is 0. The number of carbonyl (C=O) groups is 3. The van der Waals surface area contributed by atoms with Crippen LogP contribution in [0.2, 0.25) is 0 Å². The van der Waals surface area contributed by atoms with Crippen molar-refractivity contribution in [2.24, 2.45) is 0 Å². The van der Waals surface area contributed by atoms with Crippen molar-refractivity contribution in [1.29, 1.82) is 0 Å². The number of carbonyl (C=O) groups excluding carboxylic acids is 3. The Hall–Kier alpha value is -1.10. The van der Waals surface area contributed by atoms with Gasteiger partial charge in [0.05, 0.1) is 0 Å². The molecule has 0 heterocycles. The Bertz CT molecular complexity index is 223. The van der Waals surface area contributed by atoms with Crippen LogP contribution in [-0.4, -0.2) is 26.5 Å². The molecule has 0 saturated carbocycles. The predicted octanol–water partition coefficient (Wildman–Crippen LogP) is 2.27. The molecule has 17 heavy (non-hydrogen) atoms. The molecule has 7 heteroatoms. The van der Waals surface area contributed by atoms with Crippen LogP contribution in [-0.2, 0) is 33.9 Å². The first-order valence-corrected chi connectivity index (χ1v) is 3.90. The molecule has 0 amide bonds. The van der Waals surface area contributed by atoms with E-state index < -0.39 is 11.7 Å². The van der Waals surface area contributed by atoms with Gasteiger partial charge in [0.25, 0.3) is 0 Å². The van der Waals surface area contributed by atoms with Gasteiger partial charge in [0.2, 0.25) is 0 Å². The minimum atomic E-state index is -4.12. The van der Waals surface area contributed by atoms with Gasteiger partial charge in [-0.2, -0.15) is 13.2 Å². The Labute approximate surface area is 111 Å². The summed E-state index contributed by atoms with van der Waals surface area (Å²) in [6.07, 6.45) is 0.821. The normalized spacial score (nSPS) is 11.8. The zero-order valence-electron chi connectivity index (χ0n) is 8.98. The average molecular weight is 339 g/mol. The van der Waals surface area contributed by atoms with Crippen molar-refractivity contribution in [2.75, 3.05) is 0 Å². The number of halogens is 3. The van der Waals surface area contributed by atoms with Crippen LogP contribution in [0.15, 0.2) is 23.8 Å². The standard InChI is InChI=1S/C7H7F3.3CH2O.Ru/c8-7(9,10)6-4-2-1-3-5-6;3*1-2;/h1-2,4H,3,5H2;3*1H2;. The van der Waals surface area contributed by atoms with Crippen LogP contribution in [0.25, 0.3) is 0 Å². The monoisotopic (exact) mass is 340 g/mol. The van der Waals surface area contributed by atoms with Crippen LogP contribution >= 0.6 is 0 Å². The molecule has 0 aromatic heterocycles. The maximum absolute atomic E-state index is 11.8. The Morgan fingerprint density at radius 1 is 1.00 bits per heavy atom. The van der Waals surface area contributed by atoms with Gasteiger partial charge in [-0.05, 0) is 12.8 Å². The molecular weight excluding hydrogens is 326 g/mol. The summed E-state index contributed by atoms with van der Waals surface area (Å²) in [5.74, 6) is 0. The summed E-state index contributed by atoms with van der Waals surface area (Å²) in [4.78, 5) is 24.0. The molecule has 0 atom stereocenters. The van der Waals surface area contributed by atoms with Crippen LogP contribution in [0.5, 0.6) is 0 Å². The van der Waals surface area contributed by atoms with Crippen molar-refractivity contribution in [3.8, 4) is 0 Å². The molecule has 3 nitrogen and oxygen atoms in total. The first-order valence-electron chi connectivity index (χ1n) is 3.90. The fourth-order valence-electron chi connectivity index (χ4n) is 0.839. The van der Waals surface area contributed by atoms with Gasteiger partial charge in [-0.3, -0.25) is 0 Å². The second kappa shape index (κ2) is 17.3. The molecule has 0 aliphatic heterocycles. The molecule has 1 aliphatic rings. The molecule has 0 aromatic rings. The fourth-order valence-corrected chi connectivity index (χ4v) is 0.839. The van der Waals surface area contributed by atoms with E-state index >= 15 is 0 Å². The fraction of sp³-hybridized carbons (Fsp3) is 0.300.